The molecule has 21 heavy (non-hydrogen) atoms. The number of nitrogens with one attached hydrogen (secondary N) is 2. The molecule has 0 radical (unpaired) electrons. The van der Waals surface area contributed by atoms with E-state index < -0.39 is 17.4 Å². The Labute approximate surface area is 130 Å². The molecule has 2 rings (SSSR count). The summed E-state index contributed by atoms with van der Waals surface area (Å²) in [6.45, 7) is 1.66. The molecule has 3 N–H and O–H groups in total. The van der Waals surface area contributed by atoms with E-state index in [0.29, 0.717) is 22.8 Å². The van der Waals surface area contributed by atoms with Crippen molar-refractivity contribution in [3.63, 3.8) is 0 Å². The highest BCUT2D eigenvalue weighted by Gasteiger charge is 2.43. The van der Waals surface area contributed by atoms with Crippen molar-refractivity contribution in [2.45, 2.75) is 18.9 Å². The van der Waals surface area contributed by atoms with Crippen LogP contribution in [0.3, 0.4) is 0 Å². The number of rotatable bonds is 5. The van der Waals surface area contributed by atoms with E-state index >= 15 is 0 Å². The van der Waals surface area contributed by atoms with Crippen LogP contribution < -0.4 is 10.6 Å². The fourth-order valence-corrected chi connectivity index (χ4v) is 4.11. The van der Waals surface area contributed by atoms with Crippen molar-refractivity contribution < 1.29 is 19.5 Å². The summed E-state index contributed by atoms with van der Waals surface area (Å²) >= 11 is 2.84. The zero-order valence-electron chi connectivity index (χ0n) is 11.5. The van der Waals surface area contributed by atoms with E-state index in [9.17, 15) is 19.5 Å². The van der Waals surface area contributed by atoms with E-state index in [2.05, 4.69) is 10.6 Å². The van der Waals surface area contributed by atoms with Crippen molar-refractivity contribution in [3.05, 3.63) is 21.9 Å². The molecular weight excluding hydrogens is 312 g/mol. The first-order valence-electron chi connectivity index (χ1n) is 6.40. The van der Waals surface area contributed by atoms with Crippen LogP contribution in [0.2, 0.25) is 0 Å². The van der Waals surface area contributed by atoms with E-state index in [0.717, 1.165) is 4.88 Å². The first kappa shape index (κ1) is 15.8. The third kappa shape index (κ3) is 3.76. The second-order valence-corrected chi connectivity index (χ2v) is 7.22. The number of aliphatic carboxylic acids is 1. The Kier molecular flexibility index (Phi) is 4.89. The molecule has 1 fully saturated rings. The van der Waals surface area contributed by atoms with Gasteiger partial charge in [0.2, 0.25) is 5.91 Å². The predicted molar refractivity (Wildman–Crippen MR) is 81.8 cm³/mol. The van der Waals surface area contributed by atoms with Crippen molar-refractivity contribution in [3.8, 4) is 0 Å². The van der Waals surface area contributed by atoms with Gasteiger partial charge in [-0.15, -0.1) is 11.3 Å². The highest BCUT2D eigenvalue weighted by atomic mass is 32.2. The van der Waals surface area contributed by atoms with Crippen LogP contribution in [-0.2, 0) is 9.59 Å². The number of carboxylic acid groups (broad SMARTS) is 1. The smallest absolute Gasteiger partial charge is 0.330 e. The fraction of sp³-hybridized carbons (Fsp3) is 0.462. The number of carbonyl (C=O) groups excluding carboxylic acids is 2. The molecule has 0 spiro atoms. The maximum Gasteiger partial charge on any atom is 0.330 e. The molecule has 1 saturated heterocycles. The Morgan fingerprint density at radius 3 is 2.67 bits per heavy atom. The quantitative estimate of drug-likeness (QED) is 0.745. The lowest BCUT2D eigenvalue weighted by Gasteiger charge is -2.24. The average molecular weight is 328 g/mol. The molecule has 114 valence electrons. The second kappa shape index (κ2) is 6.48. The SMILES string of the molecule is Cc1ccc(C(=O)NCC(=O)NC2(C(=O)O)CCSC2)s1. The first-order chi connectivity index (χ1) is 9.93. The van der Waals surface area contributed by atoms with Gasteiger partial charge in [-0.2, -0.15) is 11.8 Å². The minimum absolute atomic E-state index is 0.227. The Bertz CT molecular complexity index is 564. The van der Waals surface area contributed by atoms with E-state index in [1.54, 1.807) is 6.07 Å². The molecule has 8 heteroatoms. The van der Waals surface area contributed by atoms with E-state index in [1.807, 2.05) is 13.0 Å². The summed E-state index contributed by atoms with van der Waals surface area (Å²) in [7, 11) is 0. The lowest BCUT2D eigenvalue weighted by Crippen LogP contribution is -2.56. The maximum absolute atomic E-state index is 11.9. The predicted octanol–water partition coefficient (Wildman–Crippen LogP) is 0.863. The normalized spacial score (nSPS) is 21.0. The van der Waals surface area contributed by atoms with Crippen LogP contribution in [-0.4, -0.2) is 46.5 Å². The number of carbonyl (C=O) groups is 3. The molecule has 1 aromatic heterocycles. The summed E-state index contributed by atoms with van der Waals surface area (Å²) in [5.74, 6) is -0.782. The van der Waals surface area contributed by atoms with Gasteiger partial charge in [0.15, 0.2) is 0 Å². The second-order valence-electron chi connectivity index (χ2n) is 4.83. The standard InChI is InChI=1S/C13H16N2O4S2/c1-8-2-3-9(21-8)11(17)14-6-10(16)15-13(12(18)19)4-5-20-7-13/h2-3H,4-7H2,1H3,(H,14,17)(H,15,16)(H,18,19). The summed E-state index contributed by atoms with van der Waals surface area (Å²) in [5.41, 5.74) is -1.20. The van der Waals surface area contributed by atoms with Crippen LogP contribution in [0.15, 0.2) is 12.1 Å². The Morgan fingerprint density at radius 1 is 1.38 bits per heavy atom. The molecule has 0 saturated carbocycles. The van der Waals surface area contributed by atoms with Gasteiger partial charge >= 0.3 is 5.97 Å². The minimum atomic E-state index is -1.20. The largest absolute Gasteiger partial charge is 0.479 e. The average Bonchev–Trinajstić information content (AvgIpc) is 3.06. The highest BCUT2D eigenvalue weighted by molar-refractivity contribution is 7.99. The third-order valence-electron chi connectivity index (χ3n) is 3.18. The van der Waals surface area contributed by atoms with Crippen LogP contribution >= 0.6 is 23.1 Å². The topological polar surface area (TPSA) is 95.5 Å². The third-order valence-corrected chi connectivity index (χ3v) is 5.37. The molecule has 2 heterocycles. The molecule has 0 aromatic carbocycles. The number of thiophene rings is 1. The Balaban J connectivity index is 1.87. The highest BCUT2D eigenvalue weighted by Crippen LogP contribution is 2.28. The molecule has 0 bridgehead atoms. The van der Waals surface area contributed by atoms with Crippen LogP contribution in [0.4, 0.5) is 0 Å². The molecule has 1 aromatic rings. The summed E-state index contributed by atoms with van der Waals surface area (Å²) in [5, 5.41) is 14.3. The number of hydrogen-bond donors (Lipinski definition) is 3. The lowest BCUT2D eigenvalue weighted by molar-refractivity contribution is -0.146. The molecule has 6 nitrogen and oxygen atoms in total. The van der Waals surface area contributed by atoms with Gasteiger partial charge in [0.1, 0.15) is 5.54 Å². The van der Waals surface area contributed by atoms with Gasteiger partial charge in [-0.05, 0) is 31.2 Å². The van der Waals surface area contributed by atoms with Gasteiger partial charge < -0.3 is 15.7 Å². The van der Waals surface area contributed by atoms with Gasteiger partial charge in [0.05, 0.1) is 11.4 Å². The number of thioether (sulfide) groups is 1. The van der Waals surface area contributed by atoms with E-state index in [1.165, 1.54) is 23.1 Å². The molecule has 1 unspecified atom stereocenters. The van der Waals surface area contributed by atoms with Crippen LogP contribution in [0.25, 0.3) is 0 Å². The molecule has 1 aliphatic rings. The van der Waals surface area contributed by atoms with Gasteiger partial charge in [-0.25, -0.2) is 4.79 Å². The first-order valence-corrected chi connectivity index (χ1v) is 8.37. The number of amides is 2. The Hall–Kier alpha value is -1.54. The summed E-state index contributed by atoms with van der Waals surface area (Å²) < 4.78 is 0. The zero-order valence-corrected chi connectivity index (χ0v) is 13.1. The summed E-state index contributed by atoms with van der Waals surface area (Å²) in [4.78, 5) is 36.5. The maximum atomic E-state index is 11.9. The molecule has 0 aliphatic carbocycles. The molecular formula is C13H16N2O4S2. The summed E-state index contributed by atoms with van der Waals surface area (Å²) in [6.07, 6.45) is 0.400. The summed E-state index contributed by atoms with van der Waals surface area (Å²) in [6, 6.07) is 3.52. The fourth-order valence-electron chi connectivity index (χ4n) is 2.00. The minimum Gasteiger partial charge on any atom is -0.479 e. The van der Waals surface area contributed by atoms with Crippen molar-refractivity contribution in [2.24, 2.45) is 0 Å². The number of hydrogen-bond acceptors (Lipinski definition) is 5. The molecule has 1 atom stereocenters. The van der Waals surface area contributed by atoms with Gasteiger partial charge in [0, 0.05) is 10.6 Å². The van der Waals surface area contributed by atoms with Crippen LogP contribution in [0, 0.1) is 6.92 Å². The van der Waals surface area contributed by atoms with E-state index in [-0.39, 0.29) is 12.5 Å². The van der Waals surface area contributed by atoms with Crippen LogP contribution in [0.5, 0.6) is 0 Å². The molecule has 1 aliphatic heterocycles. The van der Waals surface area contributed by atoms with Crippen molar-refractivity contribution >= 4 is 40.9 Å². The molecule has 2 amide bonds. The van der Waals surface area contributed by atoms with E-state index in [4.69, 9.17) is 0 Å². The Morgan fingerprint density at radius 2 is 2.14 bits per heavy atom. The van der Waals surface area contributed by atoms with Gasteiger partial charge in [-0.1, -0.05) is 0 Å². The lowest BCUT2D eigenvalue weighted by atomic mass is 9.99. The van der Waals surface area contributed by atoms with Crippen molar-refractivity contribution in [2.75, 3.05) is 18.1 Å². The number of aryl methyl sites for hydroxylation is 1. The van der Waals surface area contributed by atoms with Crippen molar-refractivity contribution in [1.82, 2.24) is 10.6 Å². The van der Waals surface area contributed by atoms with Crippen molar-refractivity contribution in [1.29, 1.82) is 0 Å². The zero-order chi connectivity index (χ0) is 15.5. The van der Waals surface area contributed by atoms with Gasteiger partial charge in [-0.3, -0.25) is 9.59 Å². The number of carboxylic acids is 1. The van der Waals surface area contributed by atoms with Crippen LogP contribution in [0.1, 0.15) is 21.0 Å². The van der Waals surface area contributed by atoms with Gasteiger partial charge in [0.25, 0.3) is 5.91 Å². The monoisotopic (exact) mass is 328 g/mol.